The second-order valence-electron chi connectivity index (χ2n) is 7.07. The standard InChI is InChI=1S/C23H17N3O5S/c1-2-30-14-7-8-18-13(9-14)10-19(31-18)17-12-32-23(24-17)25-20(27)11-26-21(28)15-5-3-4-6-16(15)22(26)29/h3-10,12H,2,11H2,1H3,(H,24,25,27). The lowest BCUT2D eigenvalue weighted by atomic mass is 10.1. The van der Waals surface area contributed by atoms with Crippen molar-refractivity contribution in [2.75, 3.05) is 18.5 Å². The van der Waals surface area contributed by atoms with Crippen molar-refractivity contribution in [2.45, 2.75) is 6.92 Å². The van der Waals surface area contributed by atoms with Gasteiger partial charge in [-0.3, -0.25) is 19.3 Å². The van der Waals surface area contributed by atoms with Gasteiger partial charge in [0, 0.05) is 10.8 Å². The maximum absolute atomic E-state index is 12.5. The van der Waals surface area contributed by atoms with E-state index in [0.29, 0.717) is 39.9 Å². The van der Waals surface area contributed by atoms with Crippen molar-refractivity contribution >= 4 is 45.2 Å². The third-order valence-electron chi connectivity index (χ3n) is 4.98. The minimum absolute atomic E-state index is 0.305. The van der Waals surface area contributed by atoms with Gasteiger partial charge >= 0.3 is 0 Å². The Labute approximate surface area is 186 Å². The van der Waals surface area contributed by atoms with Gasteiger partial charge in [-0.2, -0.15) is 0 Å². The molecule has 1 aliphatic rings. The second kappa shape index (κ2) is 7.93. The molecule has 0 atom stereocenters. The van der Waals surface area contributed by atoms with Gasteiger partial charge in [-0.05, 0) is 43.3 Å². The van der Waals surface area contributed by atoms with E-state index >= 15 is 0 Å². The molecule has 0 unspecified atom stereocenters. The lowest BCUT2D eigenvalue weighted by Crippen LogP contribution is -2.37. The highest BCUT2D eigenvalue weighted by Gasteiger charge is 2.36. The Kier molecular flexibility index (Phi) is 4.95. The van der Waals surface area contributed by atoms with E-state index in [1.54, 1.807) is 29.6 Å². The monoisotopic (exact) mass is 447 g/mol. The summed E-state index contributed by atoms with van der Waals surface area (Å²) in [4.78, 5) is 42.7. The van der Waals surface area contributed by atoms with Gasteiger partial charge in [0.15, 0.2) is 10.9 Å². The smallest absolute Gasteiger partial charge is 0.262 e. The van der Waals surface area contributed by atoms with Crippen molar-refractivity contribution < 1.29 is 23.5 Å². The number of furan rings is 1. The summed E-state index contributed by atoms with van der Waals surface area (Å²) in [6.45, 7) is 2.11. The van der Waals surface area contributed by atoms with Gasteiger partial charge in [-0.25, -0.2) is 4.98 Å². The van der Waals surface area contributed by atoms with Crippen LogP contribution >= 0.6 is 11.3 Å². The van der Waals surface area contributed by atoms with Crippen LogP contribution < -0.4 is 10.1 Å². The van der Waals surface area contributed by atoms with Crippen LogP contribution in [0.4, 0.5) is 5.13 Å². The molecule has 2 aromatic heterocycles. The fourth-order valence-electron chi connectivity index (χ4n) is 3.53. The average molecular weight is 447 g/mol. The molecule has 0 aliphatic carbocycles. The van der Waals surface area contributed by atoms with Crippen molar-refractivity contribution in [3.05, 3.63) is 65.0 Å². The van der Waals surface area contributed by atoms with E-state index < -0.39 is 17.7 Å². The highest BCUT2D eigenvalue weighted by atomic mass is 32.1. The molecule has 160 valence electrons. The van der Waals surface area contributed by atoms with E-state index in [9.17, 15) is 14.4 Å². The molecule has 0 saturated heterocycles. The number of carbonyl (C=O) groups is 3. The summed E-state index contributed by atoms with van der Waals surface area (Å²) in [6, 6.07) is 13.9. The number of rotatable bonds is 6. The minimum atomic E-state index is -0.508. The number of ether oxygens (including phenoxy) is 1. The van der Waals surface area contributed by atoms with E-state index in [1.807, 2.05) is 31.2 Å². The number of nitrogens with zero attached hydrogens (tertiary/aromatic N) is 2. The Balaban J connectivity index is 1.28. The zero-order valence-corrected chi connectivity index (χ0v) is 17.8. The Morgan fingerprint density at radius 3 is 2.59 bits per heavy atom. The first-order valence-electron chi connectivity index (χ1n) is 9.91. The number of thiazole rings is 1. The molecular formula is C23H17N3O5S. The van der Waals surface area contributed by atoms with E-state index in [2.05, 4.69) is 10.3 Å². The predicted octanol–water partition coefficient (Wildman–Crippen LogP) is 4.19. The van der Waals surface area contributed by atoms with Crippen molar-refractivity contribution in [3.8, 4) is 17.2 Å². The second-order valence-corrected chi connectivity index (χ2v) is 7.93. The molecule has 3 heterocycles. The highest BCUT2D eigenvalue weighted by Crippen LogP contribution is 2.32. The van der Waals surface area contributed by atoms with E-state index in [-0.39, 0.29) is 6.54 Å². The Bertz CT molecular complexity index is 1340. The number of anilines is 1. The van der Waals surface area contributed by atoms with Crippen LogP contribution in [-0.4, -0.2) is 40.8 Å². The molecule has 2 aromatic carbocycles. The Hall–Kier alpha value is -3.98. The maximum atomic E-state index is 12.5. The molecular weight excluding hydrogens is 430 g/mol. The molecule has 0 fully saturated rings. The maximum Gasteiger partial charge on any atom is 0.262 e. The summed E-state index contributed by atoms with van der Waals surface area (Å²) in [5.41, 5.74) is 1.88. The molecule has 0 spiro atoms. The normalized spacial score (nSPS) is 13.0. The van der Waals surface area contributed by atoms with Crippen LogP contribution in [0.1, 0.15) is 27.6 Å². The van der Waals surface area contributed by atoms with Gasteiger partial charge in [-0.1, -0.05) is 12.1 Å². The summed E-state index contributed by atoms with van der Waals surface area (Å²) in [5, 5.41) is 5.64. The first-order chi connectivity index (χ1) is 15.5. The van der Waals surface area contributed by atoms with Crippen LogP contribution in [0.5, 0.6) is 5.75 Å². The number of imide groups is 1. The molecule has 0 bridgehead atoms. The quantitative estimate of drug-likeness (QED) is 0.445. The van der Waals surface area contributed by atoms with E-state index in [1.165, 1.54) is 11.3 Å². The van der Waals surface area contributed by atoms with Crippen molar-refractivity contribution in [1.82, 2.24) is 9.88 Å². The van der Waals surface area contributed by atoms with Gasteiger partial charge in [0.25, 0.3) is 11.8 Å². The van der Waals surface area contributed by atoms with Gasteiger partial charge < -0.3 is 14.5 Å². The fraction of sp³-hybridized carbons (Fsp3) is 0.130. The zero-order valence-electron chi connectivity index (χ0n) is 17.0. The van der Waals surface area contributed by atoms with Crippen LogP contribution in [0.2, 0.25) is 0 Å². The minimum Gasteiger partial charge on any atom is -0.494 e. The lowest BCUT2D eigenvalue weighted by Gasteiger charge is -2.12. The van der Waals surface area contributed by atoms with Crippen LogP contribution in [0.3, 0.4) is 0 Å². The highest BCUT2D eigenvalue weighted by molar-refractivity contribution is 7.14. The number of aromatic nitrogens is 1. The lowest BCUT2D eigenvalue weighted by molar-refractivity contribution is -0.116. The summed E-state index contributed by atoms with van der Waals surface area (Å²) < 4.78 is 11.4. The number of benzene rings is 2. The predicted molar refractivity (Wildman–Crippen MR) is 119 cm³/mol. The number of fused-ring (bicyclic) bond motifs is 2. The third-order valence-corrected chi connectivity index (χ3v) is 5.74. The fourth-order valence-corrected chi connectivity index (χ4v) is 4.25. The van der Waals surface area contributed by atoms with Crippen molar-refractivity contribution in [1.29, 1.82) is 0 Å². The van der Waals surface area contributed by atoms with Crippen molar-refractivity contribution in [3.63, 3.8) is 0 Å². The van der Waals surface area contributed by atoms with Crippen LogP contribution in [0, 0.1) is 0 Å². The number of nitrogens with one attached hydrogen (secondary N) is 1. The number of hydrogen-bond acceptors (Lipinski definition) is 7. The first kappa shape index (κ1) is 20.0. The molecule has 1 N–H and O–H groups in total. The molecule has 32 heavy (non-hydrogen) atoms. The van der Waals surface area contributed by atoms with Crippen molar-refractivity contribution in [2.24, 2.45) is 0 Å². The number of carbonyl (C=O) groups excluding carboxylic acids is 3. The molecule has 9 heteroatoms. The summed E-state index contributed by atoms with van der Waals surface area (Å²) in [7, 11) is 0. The molecule has 1 aliphatic heterocycles. The van der Waals surface area contributed by atoms with Gasteiger partial charge in [0.2, 0.25) is 5.91 Å². The molecule has 5 rings (SSSR count). The molecule has 8 nitrogen and oxygen atoms in total. The Morgan fingerprint density at radius 1 is 1.12 bits per heavy atom. The van der Waals surface area contributed by atoms with Gasteiger partial charge in [-0.15, -0.1) is 11.3 Å². The Morgan fingerprint density at radius 2 is 1.88 bits per heavy atom. The summed E-state index contributed by atoms with van der Waals surface area (Å²) >= 11 is 1.22. The largest absolute Gasteiger partial charge is 0.494 e. The van der Waals surface area contributed by atoms with E-state index in [4.69, 9.17) is 9.15 Å². The first-order valence-corrected chi connectivity index (χ1v) is 10.8. The van der Waals surface area contributed by atoms with E-state index in [0.717, 1.165) is 16.0 Å². The molecule has 0 radical (unpaired) electrons. The zero-order chi connectivity index (χ0) is 22.2. The summed E-state index contributed by atoms with van der Waals surface area (Å²) in [5.74, 6) is -0.146. The summed E-state index contributed by atoms with van der Waals surface area (Å²) in [6.07, 6.45) is 0. The molecule has 0 saturated carbocycles. The number of hydrogen-bond donors (Lipinski definition) is 1. The van der Waals surface area contributed by atoms with Gasteiger partial charge in [0.05, 0.1) is 17.7 Å². The molecule has 3 amide bonds. The third kappa shape index (κ3) is 3.52. The average Bonchev–Trinajstić information content (AvgIpc) is 3.48. The van der Waals surface area contributed by atoms with Crippen LogP contribution in [0.15, 0.2) is 58.3 Å². The van der Waals surface area contributed by atoms with Gasteiger partial charge in [0.1, 0.15) is 23.6 Å². The van der Waals surface area contributed by atoms with Crippen LogP contribution in [0.25, 0.3) is 22.4 Å². The number of amides is 3. The van der Waals surface area contributed by atoms with Crippen LogP contribution in [-0.2, 0) is 4.79 Å². The molecule has 4 aromatic rings. The SMILES string of the molecule is CCOc1ccc2oc(-c3csc(NC(=O)CN4C(=O)c5ccccc5C4=O)n3)cc2c1. The topological polar surface area (TPSA) is 102 Å².